The highest BCUT2D eigenvalue weighted by molar-refractivity contribution is 6.35. The predicted octanol–water partition coefficient (Wildman–Crippen LogP) is 6.34. The van der Waals surface area contributed by atoms with Crippen molar-refractivity contribution in [3.8, 4) is 28.7 Å². The van der Waals surface area contributed by atoms with Crippen LogP contribution in [0.5, 0.6) is 28.7 Å². The van der Waals surface area contributed by atoms with Crippen molar-refractivity contribution in [3.05, 3.63) is 80.0 Å². The van der Waals surface area contributed by atoms with Gasteiger partial charge in [-0.05, 0) is 54.8 Å². The first-order chi connectivity index (χ1) is 18.3. The molecule has 0 amide bonds. The minimum Gasteiger partial charge on any atom is -0.496 e. The second kappa shape index (κ2) is 10.8. The summed E-state index contributed by atoms with van der Waals surface area (Å²) in [6, 6.07) is 10.9. The summed E-state index contributed by atoms with van der Waals surface area (Å²) in [5, 5.41) is 1.25. The minimum absolute atomic E-state index is 0.192. The summed E-state index contributed by atoms with van der Waals surface area (Å²) in [5.74, 6) is 2.83. The Morgan fingerprint density at radius 1 is 1.00 bits per heavy atom. The molecule has 9 heteroatoms. The number of nitrogens with zero attached hydrogens (tertiary/aromatic N) is 1. The monoisotopic (exact) mass is 555 g/mol. The molecule has 0 radical (unpaired) electrons. The molecule has 2 heterocycles. The number of rotatable bonds is 7. The topological polar surface area (TPSA) is 66.5 Å². The summed E-state index contributed by atoms with van der Waals surface area (Å²) < 4.78 is 28.6. The first-order valence-electron chi connectivity index (χ1n) is 12.0. The van der Waals surface area contributed by atoms with Crippen molar-refractivity contribution in [2.75, 3.05) is 34.6 Å². The molecule has 0 bridgehead atoms. The summed E-state index contributed by atoms with van der Waals surface area (Å²) in [5.41, 5.74) is 3.82. The number of aryl methyl sites for hydroxylation is 1. The molecule has 38 heavy (non-hydrogen) atoms. The average Bonchev–Trinajstić information content (AvgIpc) is 3.24. The van der Waals surface area contributed by atoms with Crippen molar-refractivity contribution in [3.63, 3.8) is 0 Å². The van der Waals surface area contributed by atoms with Gasteiger partial charge in [-0.15, -0.1) is 0 Å². The number of halogens is 2. The van der Waals surface area contributed by atoms with Crippen molar-refractivity contribution in [1.29, 1.82) is 0 Å². The van der Waals surface area contributed by atoms with Gasteiger partial charge in [-0.25, -0.2) is 0 Å². The van der Waals surface area contributed by atoms with Crippen molar-refractivity contribution < 1.29 is 28.5 Å². The van der Waals surface area contributed by atoms with E-state index in [-0.39, 0.29) is 11.5 Å². The highest BCUT2D eigenvalue weighted by atomic mass is 35.5. The normalized spacial score (nSPS) is 15.5. The predicted molar refractivity (Wildman–Crippen MR) is 146 cm³/mol. The number of fused-ring (bicyclic) bond motifs is 3. The van der Waals surface area contributed by atoms with Gasteiger partial charge in [0.05, 0.1) is 32.5 Å². The summed E-state index contributed by atoms with van der Waals surface area (Å²) in [4.78, 5) is 15.6. The second-order valence-electron chi connectivity index (χ2n) is 9.07. The quantitative estimate of drug-likeness (QED) is 0.315. The van der Waals surface area contributed by atoms with Gasteiger partial charge in [-0.3, -0.25) is 9.69 Å². The lowest BCUT2D eigenvalue weighted by atomic mass is 9.98. The molecule has 198 valence electrons. The van der Waals surface area contributed by atoms with Gasteiger partial charge in [0, 0.05) is 34.8 Å². The van der Waals surface area contributed by atoms with E-state index in [1.165, 1.54) is 0 Å². The van der Waals surface area contributed by atoms with E-state index >= 15 is 0 Å². The zero-order valence-electron chi connectivity index (χ0n) is 21.5. The molecule has 0 fully saturated rings. The molecule has 0 aliphatic carbocycles. The van der Waals surface area contributed by atoms with Gasteiger partial charge in [0.25, 0.3) is 0 Å². The fraction of sp³-hybridized carbons (Fsp3) is 0.276. The van der Waals surface area contributed by atoms with Gasteiger partial charge in [0.2, 0.25) is 5.78 Å². The van der Waals surface area contributed by atoms with Crippen molar-refractivity contribution in [1.82, 2.24) is 4.90 Å². The van der Waals surface area contributed by atoms with Crippen LogP contribution >= 0.6 is 23.2 Å². The summed E-state index contributed by atoms with van der Waals surface area (Å²) in [6.07, 6.45) is 2.39. The number of ketones is 1. The Morgan fingerprint density at radius 3 is 2.45 bits per heavy atom. The van der Waals surface area contributed by atoms with Crippen LogP contribution in [0.25, 0.3) is 6.08 Å². The lowest BCUT2D eigenvalue weighted by molar-refractivity contribution is 0.0949. The molecule has 0 aromatic heterocycles. The van der Waals surface area contributed by atoms with Gasteiger partial charge in [0.1, 0.15) is 24.0 Å². The van der Waals surface area contributed by atoms with Crippen LogP contribution in [0.3, 0.4) is 0 Å². The summed E-state index contributed by atoms with van der Waals surface area (Å²) >= 11 is 12.4. The fourth-order valence-electron chi connectivity index (χ4n) is 4.73. The third-order valence-corrected chi connectivity index (χ3v) is 7.31. The van der Waals surface area contributed by atoms with Gasteiger partial charge in [-0.1, -0.05) is 29.3 Å². The van der Waals surface area contributed by atoms with Gasteiger partial charge >= 0.3 is 0 Å². The largest absolute Gasteiger partial charge is 0.496 e. The van der Waals surface area contributed by atoms with E-state index in [0.717, 1.165) is 28.9 Å². The maximum absolute atomic E-state index is 13.5. The molecular weight excluding hydrogens is 529 g/mol. The van der Waals surface area contributed by atoms with Crippen LogP contribution in [-0.2, 0) is 13.0 Å². The molecule has 7 nitrogen and oxygen atoms in total. The molecule has 0 atom stereocenters. The van der Waals surface area contributed by atoms with Crippen LogP contribution in [0.2, 0.25) is 10.0 Å². The second-order valence-corrected chi connectivity index (χ2v) is 9.92. The van der Waals surface area contributed by atoms with Gasteiger partial charge in [0.15, 0.2) is 17.3 Å². The van der Waals surface area contributed by atoms with Crippen LogP contribution < -0.4 is 23.7 Å². The number of carbonyl (C=O) groups excluding carboxylic acids is 1. The minimum atomic E-state index is -0.192. The molecule has 0 saturated carbocycles. The average molecular weight is 556 g/mol. The van der Waals surface area contributed by atoms with E-state index in [1.54, 1.807) is 45.6 Å². The Hall–Kier alpha value is -3.39. The van der Waals surface area contributed by atoms with E-state index in [9.17, 15) is 4.79 Å². The number of benzene rings is 3. The maximum Gasteiger partial charge on any atom is 0.232 e. The lowest BCUT2D eigenvalue weighted by Gasteiger charge is -2.30. The molecule has 2 aliphatic rings. The molecular formula is C29H27Cl2NO6. The highest BCUT2D eigenvalue weighted by Crippen LogP contribution is 2.45. The Bertz CT molecular complexity index is 1450. The van der Waals surface area contributed by atoms with Crippen LogP contribution in [0.4, 0.5) is 0 Å². The number of ether oxygens (including phenoxy) is 5. The molecule has 5 rings (SSSR count). The number of methoxy groups -OCH3 is 3. The molecule has 0 spiro atoms. The third-order valence-electron chi connectivity index (χ3n) is 6.72. The fourth-order valence-corrected chi connectivity index (χ4v) is 5.23. The Morgan fingerprint density at radius 2 is 1.74 bits per heavy atom. The summed E-state index contributed by atoms with van der Waals surface area (Å²) in [6.45, 7) is 3.60. The third kappa shape index (κ3) is 4.89. The first-order valence-corrected chi connectivity index (χ1v) is 12.8. The number of Topliss-reactive ketones (excluding diaryl/α,β-unsaturated/α-hetero) is 1. The summed E-state index contributed by atoms with van der Waals surface area (Å²) in [7, 11) is 4.66. The van der Waals surface area contributed by atoms with Crippen molar-refractivity contribution in [2.45, 2.75) is 19.9 Å². The van der Waals surface area contributed by atoms with Crippen molar-refractivity contribution >= 4 is 35.1 Å². The number of hydrogen-bond acceptors (Lipinski definition) is 7. The van der Waals surface area contributed by atoms with Crippen LogP contribution in [0.1, 0.15) is 32.6 Å². The van der Waals surface area contributed by atoms with Gasteiger partial charge < -0.3 is 23.7 Å². The van der Waals surface area contributed by atoms with Crippen LogP contribution in [-0.4, -0.2) is 45.3 Å². The lowest BCUT2D eigenvalue weighted by Crippen LogP contribution is -2.34. The number of hydrogen-bond donors (Lipinski definition) is 0. The van der Waals surface area contributed by atoms with E-state index in [1.807, 2.05) is 25.1 Å². The molecule has 3 aromatic carbocycles. The van der Waals surface area contributed by atoms with Crippen LogP contribution in [0.15, 0.2) is 42.2 Å². The Balaban J connectivity index is 1.43. The Labute approximate surface area is 231 Å². The molecule has 0 N–H and O–H groups in total. The van der Waals surface area contributed by atoms with E-state index < -0.39 is 0 Å². The molecule has 3 aromatic rings. The SMILES string of the molecule is COc1cc(OC)c(OC)cc1/C=C1/Oc2c3c(cc(C)c2C1=O)OCN(CCc1ccc(Cl)cc1Cl)C3. The van der Waals surface area contributed by atoms with Crippen LogP contribution in [0, 0.1) is 6.92 Å². The Kier molecular flexibility index (Phi) is 7.43. The van der Waals surface area contributed by atoms with E-state index in [2.05, 4.69) is 4.90 Å². The standard InChI is InChI=1S/C29H27Cl2NO6/c1-16-9-23-20(14-32(15-37-23)8-7-17-5-6-19(30)12-21(17)31)29-27(16)28(33)26(38-29)11-18-10-24(35-3)25(36-4)13-22(18)34-2/h5-6,9-13H,7-8,14-15H2,1-4H3/b26-11+. The smallest absolute Gasteiger partial charge is 0.232 e. The highest BCUT2D eigenvalue weighted by Gasteiger charge is 2.35. The molecule has 0 saturated heterocycles. The zero-order chi connectivity index (χ0) is 27.0. The molecule has 0 unspecified atom stereocenters. The molecule has 2 aliphatic heterocycles. The maximum atomic E-state index is 13.5. The zero-order valence-corrected chi connectivity index (χ0v) is 23.0. The number of carbonyl (C=O) groups is 1. The first kappa shape index (κ1) is 26.2. The van der Waals surface area contributed by atoms with E-state index in [0.29, 0.717) is 64.0 Å². The van der Waals surface area contributed by atoms with E-state index in [4.69, 9.17) is 46.9 Å². The van der Waals surface area contributed by atoms with Gasteiger partial charge in [-0.2, -0.15) is 0 Å². The van der Waals surface area contributed by atoms with Crippen molar-refractivity contribution in [2.24, 2.45) is 0 Å². The number of allylic oxidation sites excluding steroid dienone is 1.